The van der Waals surface area contributed by atoms with Gasteiger partial charge in [0.2, 0.25) is 0 Å². The highest BCUT2D eigenvalue weighted by Gasteiger charge is 2.29. The van der Waals surface area contributed by atoms with Crippen molar-refractivity contribution in [2.75, 3.05) is 0 Å². The molecule has 0 heterocycles. The van der Waals surface area contributed by atoms with Crippen LogP contribution in [0, 0.1) is 5.92 Å². The predicted molar refractivity (Wildman–Crippen MR) is 61.4 cm³/mol. The fourth-order valence-electron chi connectivity index (χ4n) is 2.46. The van der Waals surface area contributed by atoms with Gasteiger partial charge in [0.05, 0.1) is 0 Å². The van der Waals surface area contributed by atoms with Gasteiger partial charge in [0, 0.05) is 0 Å². The zero-order valence-electron chi connectivity index (χ0n) is 9.08. The minimum Gasteiger partial charge on any atom is -0.0654 e. The highest BCUT2D eigenvalue weighted by molar-refractivity contribution is 5.21. The van der Waals surface area contributed by atoms with Crippen LogP contribution in [0.4, 0.5) is 0 Å². The Morgan fingerprint density at radius 2 is 1.86 bits per heavy atom. The molecule has 0 atom stereocenters. The molecule has 0 nitrogen and oxygen atoms in total. The fourth-order valence-corrected chi connectivity index (χ4v) is 2.46. The summed E-state index contributed by atoms with van der Waals surface area (Å²) in [6.45, 7) is 2.29. The van der Waals surface area contributed by atoms with Gasteiger partial charge < -0.3 is 0 Å². The molecule has 1 aromatic carbocycles. The van der Waals surface area contributed by atoms with Gasteiger partial charge in [0.25, 0.3) is 0 Å². The number of unbranched alkanes of at least 4 members (excludes halogenated alkanes) is 1. The first-order valence-corrected chi connectivity index (χ1v) is 5.95. The molecule has 0 N–H and O–H groups in total. The number of rotatable bonds is 4. The molecule has 0 spiro atoms. The fraction of sp³-hybridized carbons (Fsp3) is 0.571. The Morgan fingerprint density at radius 1 is 1.14 bits per heavy atom. The molecular weight excluding hydrogens is 168 g/mol. The maximum Gasteiger partial charge on any atom is -0.0157 e. The molecule has 0 saturated heterocycles. The minimum absolute atomic E-state index is 0.873. The van der Waals surface area contributed by atoms with Crippen molar-refractivity contribution in [3.63, 3.8) is 0 Å². The van der Waals surface area contributed by atoms with Crippen LogP contribution in [-0.4, -0.2) is 0 Å². The van der Waals surface area contributed by atoms with Crippen molar-refractivity contribution in [3.8, 4) is 0 Å². The topological polar surface area (TPSA) is 0 Å². The third kappa shape index (κ3) is 2.17. The molecule has 0 aliphatic heterocycles. The number of benzene rings is 1. The van der Waals surface area contributed by atoms with E-state index in [2.05, 4.69) is 37.3 Å². The molecular formula is C14H20. The average molecular weight is 188 g/mol. The molecule has 0 amide bonds. The Hall–Kier alpha value is -0.780. The first kappa shape index (κ1) is 9.76. The average Bonchev–Trinajstić information content (AvgIpc) is 2.17. The summed E-state index contributed by atoms with van der Waals surface area (Å²) in [7, 11) is 0. The van der Waals surface area contributed by atoms with Gasteiger partial charge in [0.15, 0.2) is 0 Å². The lowest BCUT2D eigenvalue weighted by Crippen LogP contribution is -2.21. The lowest BCUT2D eigenvalue weighted by atomic mass is 9.69. The van der Waals surface area contributed by atoms with Crippen molar-refractivity contribution in [1.29, 1.82) is 0 Å². The second-order valence-electron chi connectivity index (χ2n) is 4.59. The molecule has 1 aliphatic rings. The van der Waals surface area contributed by atoms with E-state index >= 15 is 0 Å². The zero-order chi connectivity index (χ0) is 9.80. The monoisotopic (exact) mass is 188 g/mol. The highest BCUT2D eigenvalue weighted by Crippen LogP contribution is 2.43. The van der Waals surface area contributed by atoms with Crippen LogP contribution in [0.1, 0.15) is 50.5 Å². The maximum absolute atomic E-state index is 2.29. The maximum atomic E-state index is 2.29. The van der Waals surface area contributed by atoms with Gasteiger partial charge in [-0.2, -0.15) is 0 Å². The van der Waals surface area contributed by atoms with Crippen molar-refractivity contribution in [1.82, 2.24) is 0 Å². The van der Waals surface area contributed by atoms with Gasteiger partial charge in [-0.1, -0.05) is 56.5 Å². The van der Waals surface area contributed by atoms with Crippen molar-refractivity contribution in [3.05, 3.63) is 35.9 Å². The third-order valence-corrected chi connectivity index (χ3v) is 3.47. The quantitative estimate of drug-likeness (QED) is 0.658. The Balaban J connectivity index is 1.78. The van der Waals surface area contributed by atoms with Gasteiger partial charge >= 0.3 is 0 Å². The Morgan fingerprint density at radius 3 is 2.50 bits per heavy atom. The molecule has 1 aliphatic carbocycles. The van der Waals surface area contributed by atoms with E-state index in [1.807, 2.05) is 0 Å². The van der Waals surface area contributed by atoms with Gasteiger partial charge in [-0.15, -0.1) is 0 Å². The van der Waals surface area contributed by atoms with Crippen LogP contribution in [-0.2, 0) is 0 Å². The minimum atomic E-state index is 0.873. The molecule has 0 unspecified atom stereocenters. The SMILES string of the molecule is CCCCC1CC(c2ccccc2)C1. The smallest absolute Gasteiger partial charge is 0.0157 e. The summed E-state index contributed by atoms with van der Waals surface area (Å²) in [4.78, 5) is 0. The largest absolute Gasteiger partial charge is 0.0654 e. The molecule has 0 bridgehead atoms. The lowest BCUT2D eigenvalue weighted by molar-refractivity contribution is 0.243. The number of hydrogen-bond acceptors (Lipinski definition) is 0. The van der Waals surface area contributed by atoms with Crippen LogP contribution in [0.25, 0.3) is 0 Å². The summed E-state index contributed by atoms with van der Waals surface area (Å²) < 4.78 is 0. The summed E-state index contributed by atoms with van der Waals surface area (Å²) in [6.07, 6.45) is 7.10. The van der Waals surface area contributed by atoms with Gasteiger partial charge in [-0.3, -0.25) is 0 Å². The van der Waals surface area contributed by atoms with E-state index in [-0.39, 0.29) is 0 Å². The molecule has 0 radical (unpaired) electrons. The van der Waals surface area contributed by atoms with Crippen molar-refractivity contribution >= 4 is 0 Å². The van der Waals surface area contributed by atoms with Crippen LogP contribution >= 0.6 is 0 Å². The number of hydrogen-bond donors (Lipinski definition) is 0. The molecule has 2 rings (SSSR count). The van der Waals surface area contributed by atoms with E-state index in [0.29, 0.717) is 0 Å². The van der Waals surface area contributed by atoms with Crippen LogP contribution in [0.2, 0.25) is 0 Å². The zero-order valence-corrected chi connectivity index (χ0v) is 9.08. The van der Waals surface area contributed by atoms with Crippen LogP contribution < -0.4 is 0 Å². The molecule has 1 aromatic rings. The second-order valence-corrected chi connectivity index (χ2v) is 4.59. The van der Waals surface area contributed by atoms with E-state index in [0.717, 1.165) is 11.8 Å². The van der Waals surface area contributed by atoms with Crippen molar-refractivity contribution in [2.24, 2.45) is 5.92 Å². The molecule has 14 heavy (non-hydrogen) atoms. The second kappa shape index (κ2) is 4.63. The van der Waals surface area contributed by atoms with Crippen LogP contribution in [0.5, 0.6) is 0 Å². The van der Waals surface area contributed by atoms with Gasteiger partial charge in [0.1, 0.15) is 0 Å². The molecule has 1 saturated carbocycles. The summed E-state index contributed by atoms with van der Waals surface area (Å²) in [5, 5.41) is 0. The predicted octanol–water partition coefficient (Wildman–Crippen LogP) is 4.37. The normalized spacial score (nSPS) is 25.8. The standard InChI is InChI=1S/C14H20/c1-2-3-7-12-10-14(11-12)13-8-5-4-6-9-13/h4-6,8-9,12,14H,2-3,7,10-11H2,1H3. The van der Waals surface area contributed by atoms with E-state index in [1.165, 1.54) is 32.1 Å². The summed E-state index contributed by atoms with van der Waals surface area (Å²) in [5.41, 5.74) is 1.56. The first-order valence-electron chi connectivity index (χ1n) is 5.95. The van der Waals surface area contributed by atoms with Crippen molar-refractivity contribution in [2.45, 2.75) is 44.9 Å². The molecule has 76 valence electrons. The van der Waals surface area contributed by atoms with E-state index in [1.54, 1.807) is 5.56 Å². The molecule has 0 aromatic heterocycles. The summed E-state index contributed by atoms with van der Waals surface area (Å²) in [5.74, 6) is 1.90. The van der Waals surface area contributed by atoms with E-state index in [9.17, 15) is 0 Å². The van der Waals surface area contributed by atoms with E-state index in [4.69, 9.17) is 0 Å². The Kier molecular flexibility index (Phi) is 3.23. The van der Waals surface area contributed by atoms with Gasteiger partial charge in [-0.05, 0) is 30.2 Å². The first-order chi connectivity index (χ1) is 6.90. The summed E-state index contributed by atoms with van der Waals surface area (Å²) in [6, 6.07) is 11.0. The Bertz CT molecular complexity index is 257. The Labute approximate surface area is 87.3 Å². The molecule has 0 heteroatoms. The molecule has 1 fully saturated rings. The summed E-state index contributed by atoms with van der Waals surface area (Å²) >= 11 is 0. The lowest BCUT2D eigenvalue weighted by Gasteiger charge is -2.35. The highest BCUT2D eigenvalue weighted by atomic mass is 14.3. The van der Waals surface area contributed by atoms with E-state index < -0.39 is 0 Å². The van der Waals surface area contributed by atoms with Gasteiger partial charge in [-0.25, -0.2) is 0 Å². The van der Waals surface area contributed by atoms with Crippen LogP contribution in [0.3, 0.4) is 0 Å². The van der Waals surface area contributed by atoms with Crippen molar-refractivity contribution < 1.29 is 0 Å². The van der Waals surface area contributed by atoms with Crippen LogP contribution in [0.15, 0.2) is 30.3 Å². The third-order valence-electron chi connectivity index (χ3n) is 3.47.